The molecule has 0 spiro atoms. The Labute approximate surface area is 136 Å². The fourth-order valence-corrected chi connectivity index (χ4v) is 3.60. The maximum Gasteiger partial charge on any atom is 0.216 e. The molecule has 2 atom stereocenters. The summed E-state index contributed by atoms with van der Waals surface area (Å²) in [5.74, 6) is 0.820. The van der Waals surface area contributed by atoms with E-state index in [9.17, 15) is 5.11 Å². The van der Waals surface area contributed by atoms with E-state index in [1.807, 2.05) is 26.2 Å². The molecule has 1 aliphatic rings. The molecular weight excluding hydrogens is 294 g/mol. The van der Waals surface area contributed by atoms with E-state index < -0.39 is 6.10 Å². The van der Waals surface area contributed by atoms with Crippen LogP contribution in [0.25, 0.3) is 0 Å². The molecule has 0 bridgehead atoms. The molecule has 1 fully saturated rings. The van der Waals surface area contributed by atoms with Crippen LogP contribution in [0.2, 0.25) is 0 Å². The standard InChI is InChI=1S/C16H25N5O2/c1-12-15(16(23-3)19(2)18-12)14-6-4-8-20(14)10-13(22)11-21-9-5-7-17-21/h5,7,9,13-14,22H,4,6,8,10-11H2,1-3H3/t13-,14-/m1/s1. The lowest BCUT2D eigenvalue weighted by molar-refractivity contribution is 0.0883. The van der Waals surface area contributed by atoms with Crippen molar-refractivity contribution in [3.8, 4) is 5.88 Å². The third-order valence-corrected chi connectivity index (χ3v) is 4.51. The molecule has 1 aliphatic heterocycles. The molecule has 7 heteroatoms. The maximum atomic E-state index is 10.4. The zero-order chi connectivity index (χ0) is 16.4. The van der Waals surface area contributed by atoms with Gasteiger partial charge in [0.25, 0.3) is 0 Å². The van der Waals surface area contributed by atoms with Crippen molar-refractivity contribution in [2.24, 2.45) is 7.05 Å². The van der Waals surface area contributed by atoms with Crippen LogP contribution in [0, 0.1) is 6.92 Å². The Balaban J connectivity index is 1.73. The van der Waals surface area contributed by atoms with Crippen molar-refractivity contribution in [2.75, 3.05) is 20.2 Å². The lowest BCUT2D eigenvalue weighted by Crippen LogP contribution is -2.34. The summed E-state index contributed by atoms with van der Waals surface area (Å²) in [7, 11) is 3.59. The number of hydrogen-bond acceptors (Lipinski definition) is 5. The fourth-order valence-electron chi connectivity index (χ4n) is 3.60. The Hall–Kier alpha value is -1.86. The Morgan fingerprint density at radius 2 is 2.26 bits per heavy atom. The first-order valence-corrected chi connectivity index (χ1v) is 8.07. The predicted octanol–water partition coefficient (Wildman–Crippen LogP) is 1.13. The minimum Gasteiger partial charge on any atom is -0.481 e. The van der Waals surface area contributed by atoms with Gasteiger partial charge in [-0.05, 0) is 32.4 Å². The van der Waals surface area contributed by atoms with E-state index in [0.717, 1.165) is 36.5 Å². The van der Waals surface area contributed by atoms with Gasteiger partial charge in [-0.15, -0.1) is 0 Å². The van der Waals surface area contributed by atoms with E-state index in [1.54, 1.807) is 22.7 Å². The van der Waals surface area contributed by atoms with Crippen molar-refractivity contribution in [1.29, 1.82) is 0 Å². The van der Waals surface area contributed by atoms with Crippen LogP contribution in [0.5, 0.6) is 5.88 Å². The van der Waals surface area contributed by atoms with Crippen LogP contribution in [-0.4, -0.2) is 55.9 Å². The number of methoxy groups -OCH3 is 1. The molecule has 0 radical (unpaired) electrons. The molecule has 0 aliphatic carbocycles. The summed E-state index contributed by atoms with van der Waals surface area (Å²) in [6, 6.07) is 2.13. The monoisotopic (exact) mass is 319 g/mol. The molecule has 126 valence electrons. The second-order valence-corrected chi connectivity index (χ2v) is 6.17. The van der Waals surface area contributed by atoms with Crippen LogP contribution in [0.3, 0.4) is 0 Å². The van der Waals surface area contributed by atoms with E-state index >= 15 is 0 Å². The molecule has 2 aromatic heterocycles. The van der Waals surface area contributed by atoms with E-state index in [4.69, 9.17) is 4.74 Å². The fraction of sp³-hybridized carbons (Fsp3) is 0.625. The largest absolute Gasteiger partial charge is 0.481 e. The number of aryl methyl sites for hydroxylation is 2. The molecule has 0 saturated carbocycles. The van der Waals surface area contributed by atoms with E-state index in [-0.39, 0.29) is 6.04 Å². The van der Waals surface area contributed by atoms with E-state index in [1.165, 1.54) is 0 Å². The lowest BCUT2D eigenvalue weighted by Gasteiger charge is -2.27. The van der Waals surface area contributed by atoms with Gasteiger partial charge in [-0.1, -0.05) is 0 Å². The van der Waals surface area contributed by atoms with Gasteiger partial charge >= 0.3 is 0 Å². The second kappa shape index (κ2) is 6.72. The summed E-state index contributed by atoms with van der Waals surface area (Å²) in [5.41, 5.74) is 2.15. The summed E-state index contributed by atoms with van der Waals surface area (Å²) in [4.78, 5) is 2.33. The number of nitrogens with zero attached hydrogens (tertiary/aromatic N) is 5. The number of aliphatic hydroxyl groups excluding tert-OH is 1. The highest BCUT2D eigenvalue weighted by Crippen LogP contribution is 2.38. The van der Waals surface area contributed by atoms with E-state index in [2.05, 4.69) is 15.1 Å². The minimum atomic E-state index is -0.446. The van der Waals surface area contributed by atoms with Gasteiger partial charge in [0.15, 0.2) is 0 Å². The normalized spacial score (nSPS) is 20.1. The minimum absolute atomic E-state index is 0.255. The van der Waals surface area contributed by atoms with Gasteiger partial charge in [0.2, 0.25) is 5.88 Å². The first-order chi connectivity index (χ1) is 11.1. The van der Waals surface area contributed by atoms with Gasteiger partial charge in [0.05, 0.1) is 31.0 Å². The van der Waals surface area contributed by atoms with Crippen molar-refractivity contribution < 1.29 is 9.84 Å². The highest BCUT2D eigenvalue weighted by molar-refractivity contribution is 5.35. The van der Waals surface area contributed by atoms with Gasteiger partial charge in [-0.2, -0.15) is 10.2 Å². The topological polar surface area (TPSA) is 68.3 Å². The summed E-state index contributed by atoms with van der Waals surface area (Å²) in [5, 5.41) is 19.0. The van der Waals surface area contributed by atoms with Crippen molar-refractivity contribution in [3.05, 3.63) is 29.7 Å². The Bertz CT molecular complexity index is 637. The molecule has 0 aromatic carbocycles. The number of likely N-dealkylation sites (tertiary alicyclic amines) is 1. The molecule has 1 saturated heterocycles. The van der Waals surface area contributed by atoms with Crippen molar-refractivity contribution in [3.63, 3.8) is 0 Å². The summed E-state index contributed by atoms with van der Waals surface area (Å²) < 4.78 is 9.11. The van der Waals surface area contributed by atoms with Crippen LogP contribution in [0.1, 0.15) is 30.1 Å². The molecule has 7 nitrogen and oxygen atoms in total. The summed E-state index contributed by atoms with van der Waals surface area (Å²) in [6.07, 6.45) is 5.35. The second-order valence-electron chi connectivity index (χ2n) is 6.17. The smallest absolute Gasteiger partial charge is 0.216 e. The maximum absolute atomic E-state index is 10.4. The Morgan fingerprint density at radius 1 is 1.43 bits per heavy atom. The number of β-amino-alcohol motifs (C(OH)–C–C–N with tert-alkyl or cyclic N) is 1. The zero-order valence-corrected chi connectivity index (χ0v) is 14.0. The predicted molar refractivity (Wildman–Crippen MR) is 86.3 cm³/mol. The van der Waals surface area contributed by atoms with Crippen LogP contribution in [0.15, 0.2) is 18.5 Å². The van der Waals surface area contributed by atoms with Crippen LogP contribution < -0.4 is 4.74 Å². The van der Waals surface area contributed by atoms with Gasteiger partial charge in [0, 0.05) is 32.0 Å². The molecule has 0 unspecified atom stereocenters. The average Bonchev–Trinajstić information content (AvgIpc) is 3.20. The molecular formula is C16H25N5O2. The molecule has 2 aromatic rings. The molecule has 0 amide bonds. The van der Waals surface area contributed by atoms with Crippen LogP contribution in [-0.2, 0) is 13.6 Å². The molecule has 3 heterocycles. The van der Waals surface area contributed by atoms with Gasteiger partial charge < -0.3 is 9.84 Å². The Kier molecular flexibility index (Phi) is 4.68. The number of aliphatic hydroxyl groups is 1. The third-order valence-electron chi connectivity index (χ3n) is 4.51. The van der Waals surface area contributed by atoms with Crippen LogP contribution >= 0.6 is 0 Å². The third kappa shape index (κ3) is 3.25. The quantitative estimate of drug-likeness (QED) is 0.864. The molecule has 23 heavy (non-hydrogen) atoms. The van der Waals surface area contributed by atoms with Gasteiger partial charge in [-0.3, -0.25) is 9.58 Å². The zero-order valence-electron chi connectivity index (χ0n) is 14.0. The van der Waals surface area contributed by atoms with Crippen LogP contribution in [0.4, 0.5) is 0 Å². The van der Waals surface area contributed by atoms with Crippen molar-refractivity contribution in [2.45, 2.75) is 38.5 Å². The Morgan fingerprint density at radius 3 is 2.96 bits per heavy atom. The highest BCUT2D eigenvalue weighted by Gasteiger charge is 2.33. The number of rotatable bonds is 6. The average molecular weight is 319 g/mol. The molecule has 3 rings (SSSR count). The number of aromatic nitrogens is 4. The number of ether oxygens (including phenoxy) is 1. The number of hydrogen-bond donors (Lipinski definition) is 1. The lowest BCUT2D eigenvalue weighted by atomic mass is 10.0. The summed E-state index contributed by atoms with van der Waals surface area (Å²) >= 11 is 0. The van der Waals surface area contributed by atoms with Gasteiger partial charge in [0.1, 0.15) is 0 Å². The highest BCUT2D eigenvalue weighted by atomic mass is 16.5. The summed E-state index contributed by atoms with van der Waals surface area (Å²) in [6.45, 7) is 4.15. The first-order valence-electron chi connectivity index (χ1n) is 8.07. The van der Waals surface area contributed by atoms with E-state index in [0.29, 0.717) is 13.1 Å². The van der Waals surface area contributed by atoms with Gasteiger partial charge in [-0.25, -0.2) is 4.68 Å². The van der Waals surface area contributed by atoms with Crippen molar-refractivity contribution >= 4 is 0 Å². The van der Waals surface area contributed by atoms with Crippen molar-refractivity contribution in [1.82, 2.24) is 24.5 Å². The SMILES string of the molecule is COc1c([C@H]2CCCN2C[C@@H](O)Cn2cccn2)c(C)nn1C. The molecule has 1 N–H and O–H groups in total. The first kappa shape index (κ1) is 16.0.